The normalized spacial score (nSPS) is 19.1. The molecule has 1 fully saturated rings. The molecule has 1 spiro atoms. The van der Waals surface area contributed by atoms with Gasteiger partial charge in [-0.05, 0) is 39.5 Å². The summed E-state index contributed by atoms with van der Waals surface area (Å²) in [7, 11) is 0. The zero-order valence-electron chi connectivity index (χ0n) is 13.7. The number of amides is 1. The second-order valence-corrected chi connectivity index (χ2v) is 7.41. The van der Waals surface area contributed by atoms with Crippen molar-refractivity contribution in [1.82, 2.24) is 5.32 Å². The Balaban J connectivity index is 1.78. The van der Waals surface area contributed by atoms with Crippen LogP contribution in [0.15, 0.2) is 40.3 Å². The summed E-state index contributed by atoms with van der Waals surface area (Å²) >= 11 is 1.51. The number of hydrogen-bond acceptors (Lipinski definition) is 4. The minimum atomic E-state index is -0.262. The molecule has 1 amide bonds. The molecule has 1 heterocycles. The van der Waals surface area contributed by atoms with Gasteiger partial charge in [0.05, 0.1) is 11.5 Å². The van der Waals surface area contributed by atoms with Crippen LogP contribution < -0.4 is 5.32 Å². The second-order valence-electron chi connectivity index (χ2n) is 6.44. The third-order valence-corrected chi connectivity index (χ3v) is 5.04. The molecule has 1 aromatic rings. The fourth-order valence-electron chi connectivity index (χ4n) is 3.07. The van der Waals surface area contributed by atoms with E-state index in [1.165, 1.54) is 24.6 Å². The third kappa shape index (κ3) is 3.83. The summed E-state index contributed by atoms with van der Waals surface area (Å²) in [6.45, 7) is 3.94. The van der Waals surface area contributed by atoms with Crippen molar-refractivity contribution in [3.63, 3.8) is 0 Å². The second kappa shape index (κ2) is 6.87. The Labute approximate surface area is 141 Å². The summed E-state index contributed by atoms with van der Waals surface area (Å²) in [5.41, 5.74) is 1.78. The van der Waals surface area contributed by atoms with Gasteiger partial charge in [0.25, 0.3) is 0 Å². The van der Waals surface area contributed by atoms with Crippen molar-refractivity contribution in [1.29, 1.82) is 0 Å². The summed E-state index contributed by atoms with van der Waals surface area (Å²) in [5.74, 6) is 0.436. The van der Waals surface area contributed by atoms with Crippen LogP contribution >= 0.6 is 11.8 Å². The molecule has 1 aliphatic carbocycles. The molecule has 1 N–H and O–H groups in total. The molecule has 122 valence electrons. The number of rotatable bonds is 4. The summed E-state index contributed by atoms with van der Waals surface area (Å²) in [6.07, 6.45) is 4.40. The van der Waals surface area contributed by atoms with Gasteiger partial charge in [-0.2, -0.15) is 0 Å². The Hall–Kier alpha value is -1.62. The van der Waals surface area contributed by atoms with Gasteiger partial charge in [-0.1, -0.05) is 42.1 Å². The van der Waals surface area contributed by atoms with Crippen LogP contribution in [-0.4, -0.2) is 34.1 Å². The van der Waals surface area contributed by atoms with E-state index in [0.29, 0.717) is 5.75 Å². The van der Waals surface area contributed by atoms with Crippen molar-refractivity contribution in [2.24, 2.45) is 9.98 Å². The summed E-state index contributed by atoms with van der Waals surface area (Å²) in [6, 6.07) is 10.3. The molecule has 0 bridgehead atoms. The fourth-order valence-corrected chi connectivity index (χ4v) is 3.96. The average Bonchev–Trinajstić information content (AvgIpc) is 3.13. The Bertz CT molecular complexity index is 631. The largest absolute Gasteiger partial charge is 0.353 e. The topological polar surface area (TPSA) is 53.8 Å². The van der Waals surface area contributed by atoms with Crippen molar-refractivity contribution < 1.29 is 4.79 Å². The Morgan fingerprint density at radius 3 is 2.57 bits per heavy atom. The predicted octanol–water partition coefficient (Wildman–Crippen LogP) is 3.42. The van der Waals surface area contributed by atoms with Gasteiger partial charge in [0, 0.05) is 11.6 Å². The standard InChI is InChI=1S/C18H23N3OS/c1-13(2)19-15(22)12-23-17-16(14-8-4-3-5-9-14)20-18(21-17)10-6-7-11-18/h3-5,8-9,13H,6-7,10-12H2,1-2H3,(H,19,22). The van der Waals surface area contributed by atoms with Crippen LogP contribution in [-0.2, 0) is 4.79 Å². The van der Waals surface area contributed by atoms with Gasteiger partial charge < -0.3 is 5.32 Å². The van der Waals surface area contributed by atoms with E-state index in [4.69, 9.17) is 9.98 Å². The van der Waals surface area contributed by atoms with Crippen molar-refractivity contribution in [3.05, 3.63) is 35.9 Å². The Morgan fingerprint density at radius 2 is 1.91 bits per heavy atom. The van der Waals surface area contributed by atoms with Gasteiger partial charge in [0.15, 0.2) is 5.66 Å². The summed E-state index contributed by atoms with van der Waals surface area (Å²) in [4.78, 5) is 21.8. The fraction of sp³-hybridized carbons (Fsp3) is 0.500. The van der Waals surface area contributed by atoms with E-state index in [-0.39, 0.29) is 17.6 Å². The number of carbonyl (C=O) groups excluding carboxylic acids is 1. The van der Waals surface area contributed by atoms with Crippen LogP contribution in [0, 0.1) is 0 Å². The van der Waals surface area contributed by atoms with E-state index in [0.717, 1.165) is 29.2 Å². The number of benzene rings is 1. The third-order valence-electron chi connectivity index (χ3n) is 4.07. The Kier molecular flexibility index (Phi) is 4.85. The predicted molar refractivity (Wildman–Crippen MR) is 97.3 cm³/mol. The highest BCUT2D eigenvalue weighted by Gasteiger charge is 2.39. The highest BCUT2D eigenvalue weighted by molar-refractivity contribution is 8.16. The van der Waals surface area contributed by atoms with Gasteiger partial charge in [-0.3, -0.25) is 9.79 Å². The van der Waals surface area contributed by atoms with Gasteiger partial charge >= 0.3 is 0 Å². The molecular formula is C18H23N3OS. The lowest BCUT2D eigenvalue weighted by Gasteiger charge is -2.14. The molecule has 5 heteroatoms. The van der Waals surface area contributed by atoms with Gasteiger partial charge in [0.2, 0.25) is 5.91 Å². The molecule has 0 atom stereocenters. The molecule has 1 aliphatic heterocycles. The first-order valence-electron chi connectivity index (χ1n) is 8.26. The molecule has 1 aromatic carbocycles. The smallest absolute Gasteiger partial charge is 0.230 e. The first kappa shape index (κ1) is 16.2. The molecule has 2 aliphatic rings. The van der Waals surface area contributed by atoms with E-state index in [1.54, 1.807) is 0 Å². The summed E-state index contributed by atoms with van der Waals surface area (Å²) in [5, 5.41) is 3.84. The minimum absolute atomic E-state index is 0.0486. The minimum Gasteiger partial charge on any atom is -0.353 e. The zero-order chi connectivity index (χ0) is 16.3. The van der Waals surface area contributed by atoms with Gasteiger partial charge in [0.1, 0.15) is 5.04 Å². The van der Waals surface area contributed by atoms with Crippen molar-refractivity contribution in [3.8, 4) is 0 Å². The lowest BCUT2D eigenvalue weighted by molar-refractivity contribution is -0.119. The number of nitrogens with zero attached hydrogens (tertiary/aromatic N) is 2. The lowest BCUT2D eigenvalue weighted by Crippen LogP contribution is -2.32. The van der Waals surface area contributed by atoms with Crippen LogP contribution in [0.4, 0.5) is 0 Å². The van der Waals surface area contributed by atoms with Crippen LogP contribution in [0.5, 0.6) is 0 Å². The monoisotopic (exact) mass is 329 g/mol. The van der Waals surface area contributed by atoms with E-state index >= 15 is 0 Å². The average molecular weight is 329 g/mol. The lowest BCUT2D eigenvalue weighted by atomic mass is 10.1. The van der Waals surface area contributed by atoms with E-state index in [2.05, 4.69) is 17.4 Å². The highest BCUT2D eigenvalue weighted by Crippen LogP contribution is 2.40. The van der Waals surface area contributed by atoms with Gasteiger partial charge in [-0.15, -0.1) is 0 Å². The maximum atomic E-state index is 11.9. The molecule has 1 saturated carbocycles. The molecule has 3 rings (SSSR count). The van der Waals surface area contributed by atoms with Crippen LogP contribution in [0.2, 0.25) is 0 Å². The molecule has 0 saturated heterocycles. The molecular weight excluding hydrogens is 306 g/mol. The molecule has 23 heavy (non-hydrogen) atoms. The molecule has 4 nitrogen and oxygen atoms in total. The molecule has 0 unspecified atom stereocenters. The maximum Gasteiger partial charge on any atom is 0.230 e. The summed E-state index contributed by atoms with van der Waals surface area (Å²) < 4.78 is 0. The van der Waals surface area contributed by atoms with Crippen molar-refractivity contribution in [2.45, 2.75) is 51.2 Å². The zero-order valence-corrected chi connectivity index (χ0v) is 14.5. The number of hydrogen-bond donors (Lipinski definition) is 1. The number of nitrogens with one attached hydrogen (secondary N) is 1. The van der Waals surface area contributed by atoms with Crippen molar-refractivity contribution in [2.75, 3.05) is 5.75 Å². The van der Waals surface area contributed by atoms with Crippen molar-refractivity contribution >= 4 is 28.4 Å². The van der Waals surface area contributed by atoms with Crippen LogP contribution in [0.1, 0.15) is 45.1 Å². The Morgan fingerprint density at radius 1 is 1.22 bits per heavy atom. The number of carbonyl (C=O) groups is 1. The van der Waals surface area contributed by atoms with E-state index < -0.39 is 0 Å². The van der Waals surface area contributed by atoms with Gasteiger partial charge in [-0.25, -0.2) is 4.99 Å². The first-order chi connectivity index (χ1) is 11.1. The quantitative estimate of drug-likeness (QED) is 0.920. The molecule has 0 aromatic heterocycles. The van der Waals surface area contributed by atoms with Crippen LogP contribution in [0.25, 0.3) is 0 Å². The van der Waals surface area contributed by atoms with Crippen LogP contribution in [0.3, 0.4) is 0 Å². The number of thioether (sulfide) groups is 1. The SMILES string of the molecule is CC(C)NC(=O)CSC1=NC2(CCCC2)N=C1c1ccccc1. The first-order valence-corrected chi connectivity index (χ1v) is 9.24. The number of aliphatic imine (C=N–C) groups is 2. The van der Waals surface area contributed by atoms with E-state index in [9.17, 15) is 4.79 Å². The highest BCUT2D eigenvalue weighted by atomic mass is 32.2. The van der Waals surface area contributed by atoms with E-state index in [1.807, 2.05) is 32.0 Å². The molecule has 0 radical (unpaired) electrons. The maximum absolute atomic E-state index is 11.9.